The fourth-order valence-electron chi connectivity index (χ4n) is 3.51. The van der Waals surface area contributed by atoms with Crippen LogP contribution in [0, 0.1) is 0 Å². The number of esters is 1. The Labute approximate surface area is 188 Å². The van der Waals surface area contributed by atoms with Crippen molar-refractivity contribution in [2.45, 2.75) is 58.8 Å². The first-order valence-electron chi connectivity index (χ1n) is 10.8. The molecular weight excluding hydrogens is 411 g/mol. The van der Waals surface area contributed by atoms with Crippen LogP contribution in [0.1, 0.15) is 69.2 Å². The van der Waals surface area contributed by atoms with Crippen molar-refractivity contribution in [3.8, 4) is 5.75 Å². The predicted molar refractivity (Wildman–Crippen MR) is 108 cm³/mol. The zero-order valence-corrected chi connectivity index (χ0v) is 19.5. The van der Waals surface area contributed by atoms with Crippen LogP contribution in [0.2, 0.25) is 0 Å². The number of hydrogen-bond donors (Lipinski definition) is 2. The van der Waals surface area contributed by atoms with E-state index >= 15 is 0 Å². The number of carbonyl (C=O) groups excluding carboxylic acids is 1. The highest BCUT2D eigenvalue weighted by molar-refractivity contribution is 5.92. The molecule has 0 bridgehead atoms. The van der Waals surface area contributed by atoms with Crippen LogP contribution in [0.5, 0.6) is 5.75 Å². The van der Waals surface area contributed by atoms with Gasteiger partial charge in [0, 0.05) is 18.6 Å². The van der Waals surface area contributed by atoms with Crippen molar-refractivity contribution in [3.63, 3.8) is 0 Å². The number of benzene rings is 1. The fraction of sp³-hybridized carbons (Fsp3) is 0.682. The molecule has 0 spiro atoms. The Kier molecular flexibility index (Phi) is 16.2. The summed E-state index contributed by atoms with van der Waals surface area (Å²) in [7, 11) is 0. The van der Waals surface area contributed by atoms with E-state index in [4.69, 9.17) is 9.47 Å². The van der Waals surface area contributed by atoms with Crippen molar-refractivity contribution in [2.75, 3.05) is 39.4 Å². The molecule has 0 saturated carbocycles. The fourth-order valence-corrected chi connectivity index (χ4v) is 3.51. The van der Waals surface area contributed by atoms with Gasteiger partial charge in [0.1, 0.15) is 17.0 Å². The first kappa shape index (κ1) is 28.0. The van der Waals surface area contributed by atoms with Crippen LogP contribution in [-0.4, -0.2) is 45.4 Å². The molecule has 1 fully saturated rings. The average molecular weight is 449 g/mol. The summed E-state index contributed by atoms with van der Waals surface area (Å²) in [6, 6.07) is 5.81. The molecule has 1 heterocycles. The lowest BCUT2D eigenvalue weighted by molar-refractivity contribution is -0.905. The number of ether oxygens (including phenoxy) is 2. The van der Waals surface area contributed by atoms with E-state index in [2.05, 4.69) is 19.2 Å². The Hall–Kier alpha value is -1.01. The molecule has 1 saturated heterocycles. The molecule has 1 aromatic rings. The predicted octanol–water partition coefficient (Wildman–Crippen LogP) is -3.91. The highest BCUT2D eigenvalue weighted by atomic mass is 35.5. The normalized spacial score (nSPS) is 13.9. The van der Waals surface area contributed by atoms with Crippen LogP contribution in [0.4, 0.5) is 5.69 Å². The van der Waals surface area contributed by atoms with Gasteiger partial charge in [-0.15, -0.1) is 0 Å². The van der Waals surface area contributed by atoms with Crippen LogP contribution in [0.15, 0.2) is 18.2 Å². The summed E-state index contributed by atoms with van der Waals surface area (Å²) in [5.74, 6) is 0.378. The molecule has 0 amide bonds. The van der Waals surface area contributed by atoms with Gasteiger partial charge in [-0.1, -0.05) is 20.3 Å². The van der Waals surface area contributed by atoms with Crippen LogP contribution in [0.3, 0.4) is 0 Å². The monoisotopic (exact) mass is 448 g/mol. The molecular formula is C22H38Cl2N2O3. The zero-order chi connectivity index (χ0) is 19.3. The van der Waals surface area contributed by atoms with Crippen LogP contribution in [0.25, 0.3) is 0 Å². The lowest BCUT2D eigenvalue weighted by Crippen LogP contribution is -3.12. The molecule has 5 nitrogen and oxygen atoms in total. The van der Waals surface area contributed by atoms with Gasteiger partial charge in [0.25, 0.3) is 0 Å². The topological polar surface area (TPSA) is 56.6 Å². The van der Waals surface area contributed by atoms with Gasteiger partial charge in [0.15, 0.2) is 0 Å². The number of likely N-dealkylation sites (tertiary alicyclic amines) is 1. The van der Waals surface area contributed by atoms with Gasteiger partial charge in [0.05, 0.1) is 39.4 Å². The lowest BCUT2D eigenvalue weighted by atomic mass is 10.1. The highest BCUT2D eigenvalue weighted by Gasteiger charge is 2.17. The molecule has 0 unspecified atom stereocenters. The SMILES string of the molecule is CCCC[NH2+]c1ccc(C(=O)OCCC[NH+]2CCCCC2)c(OCCC)c1.[Cl-].[Cl-]. The van der Waals surface area contributed by atoms with Crippen molar-refractivity contribution >= 4 is 11.7 Å². The molecule has 1 aliphatic heterocycles. The van der Waals surface area contributed by atoms with Gasteiger partial charge in [-0.25, -0.2) is 4.79 Å². The van der Waals surface area contributed by atoms with Gasteiger partial charge in [-0.2, -0.15) is 0 Å². The summed E-state index contributed by atoms with van der Waals surface area (Å²) < 4.78 is 11.4. The zero-order valence-electron chi connectivity index (χ0n) is 18.0. The van der Waals surface area contributed by atoms with Gasteiger partial charge >= 0.3 is 5.97 Å². The molecule has 29 heavy (non-hydrogen) atoms. The van der Waals surface area contributed by atoms with Crippen molar-refractivity contribution in [3.05, 3.63) is 23.8 Å². The number of quaternary nitrogens is 2. The summed E-state index contributed by atoms with van der Waals surface area (Å²) in [4.78, 5) is 14.2. The number of nitrogens with one attached hydrogen (secondary N) is 1. The third kappa shape index (κ3) is 10.5. The van der Waals surface area contributed by atoms with Gasteiger partial charge < -0.3 is 44.5 Å². The number of unbranched alkanes of at least 4 members (excludes halogenated alkanes) is 1. The quantitative estimate of drug-likeness (QED) is 0.195. The maximum Gasteiger partial charge on any atom is 0.341 e. The van der Waals surface area contributed by atoms with E-state index in [0.29, 0.717) is 24.5 Å². The molecule has 2 rings (SSSR count). The smallest absolute Gasteiger partial charge is 0.341 e. The molecule has 0 atom stereocenters. The maximum absolute atomic E-state index is 12.5. The summed E-state index contributed by atoms with van der Waals surface area (Å²) in [5, 5.41) is 2.21. The van der Waals surface area contributed by atoms with E-state index in [0.717, 1.165) is 31.6 Å². The van der Waals surface area contributed by atoms with E-state index in [1.807, 2.05) is 18.2 Å². The molecule has 0 radical (unpaired) electrons. The number of hydrogen-bond acceptors (Lipinski definition) is 3. The Morgan fingerprint density at radius 3 is 2.48 bits per heavy atom. The number of carbonyl (C=O) groups is 1. The van der Waals surface area contributed by atoms with Crippen LogP contribution >= 0.6 is 0 Å². The Morgan fingerprint density at radius 1 is 1.03 bits per heavy atom. The van der Waals surface area contributed by atoms with Crippen LogP contribution in [-0.2, 0) is 4.74 Å². The first-order chi connectivity index (χ1) is 13.2. The first-order valence-corrected chi connectivity index (χ1v) is 10.8. The van der Waals surface area contributed by atoms with Crippen molar-refractivity contribution < 1.29 is 49.3 Å². The van der Waals surface area contributed by atoms with Crippen molar-refractivity contribution in [2.24, 2.45) is 0 Å². The Morgan fingerprint density at radius 2 is 1.79 bits per heavy atom. The second-order valence-corrected chi connectivity index (χ2v) is 7.50. The summed E-state index contributed by atoms with van der Waals surface area (Å²) in [6.07, 6.45) is 8.22. The van der Waals surface area contributed by atoms with E-state index in [1.165, 1.54) is 45.2 Å². The number of piperidine rings is 1. The third-order valence-electron chi connectivity index (χ3n) is 5.09. The molecule has 3 N–H and O–H groups in total. The minimum atomic E-state index is -0.269. The second-order valence-electron chi connectivity index (χ2n) is 7.50. The number of rotatable bonds is 12. The van der Waals surface area contributed by atoms with E-state index in [-0.39, 0.29) is 30.8 Å². The van der Waals surface area contributed by atoms with Crippen molar-refractivity contribution in [1.82, 2.24) is 0 Å². The maximum atomic E-state index is 12.5. The van der Waals surface area contributed by atoms with E-state index in [1.54, 1.807) is 4.90 Å². The standard InChI is InChI=1S/C22H36N2O3.2ClH/c1-3-5-12-23-19-10-11-20(21(18-19)26-16-4-2)22(25)27-17-9-15-24-13-7-6-8-14-24;;/h10-11,18,23H,3-9,12-17H2,1-2H3;2*1H. The van der Waals surface area contributed by atoms with Gasteiger partial charge in [-0.3, -0.25) is 0 Å². The molecule has 1 aromatic carbocycles. The third-order valence-corrected chi connectivity index (χ3v) is 5.09. The second kappa shape index (κ2) is 16.8. The van der Waals surface area contributed by atoms with Gasteiger partial charge in [-0.05, 0) is 38.2 Å². The van der Waals surface area contributed by atoms with Gasteiger partial charge in [0.2, 0.25) is 0 Å². The minimum absolute atomic E-state index is 0. The molecule has 0 aromatic heterocycles. The van der Waals surface area contributed by atoms with E-state index < -0.39 is 0 Å². The average Bonchev–Trinajstić information content (AvgIpc) is 2.70. The molecule has 168 valence electrons. The number of nitrogens with two attached hydrogens (primary N) is 1. The Bertz CT molecular complexity index is 567. The van der Waals surface area contributed by atoms with Crippen molar-refractivity contribution in [1.29, 1.82) is 0 Å². The Balaban J connectivity index is 0.00000392. The van der Waals surface area contributed by atoms with Crippen LogP contribution < -0.4 is 39.8 Å². The minimum Gasteiger partial charge on any atom is -1.00 e. The number of halogens is 2. The van der Waals surface area contributed by atoms with E-state index in [9.17, 15) is 4.79 Å². The molecule has 1 aliphatic rings. The molecule has 0 aliphatic carbocycles. The summed E-state index contributed by atoms with van der Waals surface area (Å²) in [6.45, 7) is 10.0. The highest BCUT2D eigenvalue weighted by Crippen LogP contribution is 2.22. The molecule has 7 heteroatoms. The largest absolute Gasteiger partial charge is 1.00 e. The summed E-state index contributed by atoms with van der Waals surface area (Å²) in [5.41, 5.74) is 1.65. The summed E-state index contributed by atoms with van der Waals surface area (Å²) >= 11 is 0. The lowest BCUT2D eigenvalue weighted by Gasteiger charge is -2.23.